The summed E-state index contributed by atoms with van der Waals surface area (Å²) in [6.07, 6.45) is 6.40. The number of methoxy groups -OCH3 is 1. The third kappa shape index (κ3) is 6.69. The van der Waals surface area contributed by atoms with Crippen LogP contribution >= 0.6 is 11.6 Å². The quantitative estimate of drug-likeness (QED) is 0.444. The van der Waals surface area contributed by atoms with Crippen molar-refractivity contribution in [3.05, 3.63) is 47.9 Å². The van der Waals surface area contributed by atoms with Gasteiger partial charge in [0.25, 0.3) is 0 Å². The van der Waals surface area contributed by atoms with E-state index in [-0.39, 0.29) is 30.3 Å². The number of alkyl halides is 1. The fraction of sp³-hybridized carbons (Fsp3) is 0.538. The second kappa shape index (κ2) is 12.7. The molecule has 0 radical (unpaired) electrons. The molecular weight excluding hydrogens is 456 g/mol. The normalized spacial score (nSPS) is 18.7. The maximum atomic E-state index is 13.7. The van der Waals surface area contributed by atoms with Gasteiger partial charge in [-0.3, -0.25) is 9.59 Å². The van der Waals surface area contributed by atoms with Gasteiger partial charge in [-0.25, -0.2) is 0 Å². The summed E-state index contributed by atoms with van der Waals surface area (Å²) in [6.45, 7) is 4.93. The number of ether oxygens (including phenoxy) is 2. The molecule has 1 fully saturated rings. The van der Waals surface area contributed by atoms with Crippen LogP contribution in [0.25, 0.3) is 0 Å². The highest BCUT2D eigenvalue weighted by Gasteiger charge is 2.34. The van der Waals surface area contributed by atoms with Crippen LogP contribution in [0.5, 0.6) is 11.5 Å². The molecule has 0 aliphatic heterocycles. The number of hydrogen-bond acceptors (Lipinski definition) is 5. The van der Waals surface area contributed by atoms with Gasteiger partial charge in [-0.15, -0.1) is 11.6 Å². The number of nitrogens with zero attached hydrogens (tertiary/aromatic N) is 1. The van der Waals surface area contributed by atoms with E-state index in [9.17, 15) is 9.59 Å². The van der Waals surface area contributed by atoms with Gasteiger partial charge in [-0.1, -0.05) is 19.9 Å². The number of carbonyl (C=O) groups excluding carboxylic acids is 2. The maximum absolute atomic E-state index is 13.7. The summed E-state index contributed by atoms with van der Waals surface area (Å²) in [5, 5.41) is 3.18. The summed E-state index contributed by atoms with van der Waals surface area (Å²) in [4.78, 5) is 28.1. The lowest BCUT2D eigenvalue weighted by atomic mass is 9.87. The van der Waals surface area contributed by atoms with Crippen molar-refractivity contribution in [2.24, 2.45) is 5.92 Å². The molecule has 34 heavy (non-hydrogen) atoms. The molecule has 2 aromatic rings. The summed E-state index contributed by atoms with van der Waals surface area (Å²) in [5.74, 6) is 1.48. The molecule has 1 N–H and O–H groups in total. The zero-order valence-corrected chi connectivity index (χ0v) is 21.0. The zero-order valence-electron chi connectivity index (χ0n) is 20.2. The maximum Gasteiger partial charge on any atom is 0.247 e. The van der Waals surface area contributed by atoms with Crippen molar-refractivity contribution in [2.75, 3.05) is 19.6 Å². The van der Waals surface area contributed by atoms with Gasteiger partial charge in [0.15, 0.2) is 11.5 Å². The number of amides is 2. The molecule has 2 amide bonds. The Bertz CT molecular complexity index is 925. The predicted octanol–water partition coefficient (Wildman–Crippen LogP) is 5.08. The second-order valence-electron chi connectivity index (χ2n) is 8.86. The Hall–Kier alpha value is -2.67. The highest BCUT2D eigenvalue weighted by Crippen LogP contribution is 2.34. The molecule has 1 unspecified atom stereocenters. The van der Waals surface area contributed by atoms with Crippen LogP contribution in [0.4, 0.5) is 0 Å². The van der Waals surface area contributed by atoms with Gasteiger partial charge in [-0.05, 0) is 67.9 Å². The molecule has 1 aromatic heterocycles. The number of rotatable bonds is 11. The Morgan fingerprint density at radius 2 is 1.97 bits per heavy atom. The zero-order chi connectivity index (χ0) is 24.5. The number of nitrogens with one attached hydrogen (secondary N) is 1. The molecule has 3 rings (SSSR count). The third-order valence-electron chi connectivity index (χ3n) is 6.23. The van der Waals surface area contributed by atoms with E-state index in [4.69, 9.17) is 25.5 Å². The third-order valence-corrected chi connectivity index (χ3v) is 6.46. The van der Waals surface area contributed by atoms with Gasteiger partial charge in [0.05, 0.1) is 26.5 Å². The molecule has 1 heterocycles. The molecule has 0 spiro atoms. The van der Waals surface area contributed by atoms with E-state index in [1.165, 1.54) is 4.90 Å². The van der Waals surface area contributed by atoms with Gasteiger partial charge in [-0.2, -0.15) is 0 Å². The summed E-state index contributed by atoms with van der Waals surface area (Å²) in [7, 11) is 1.56. The van der Waals surface area contributed by atoms with Crippen LogP contribution in [0, 0.1) is 5.92 Å². The Morgan fingerprint density at radius 1 is 1.21 bits per heavy atom. The fourth-order valence-corrected chi connectivity index (χ4v) is 4.47. The van der Waals surface area contributed by atoms with Crippen molar-refractivity contribution in [2.45, 2.75) is 64.6 Å². The number of carbonyl (C=O) groups is 2. The molecule has 8 heteroatoms. The molecule has 7 nitrogen and oxygen atoms in total. The molecule has 1 saturated carbocycles. The average molecular weight is 491 g/mol. The van der Waals surface area contributed by atoms with Crippen molar-refractivity contribution < 1.29 is 23.5 Å². The van der Waals surface area contributed by atoms with E-state index in [0.717, 1.165) is 32.1 Å². The molecule has 0 bridgehead atoms. The Morgan fingerprint density at radius 3 is 2.59 bits per heavy atom. The fourth-order valence-electron chi connectivity index (χ4n) is 4.31. The van der Waals surface area contributed by atoms with E-state index < -0.39 is 6.04 Å². The standard InChI is InChI=1S/C26H35ClN2O5/c1-4-13-34-22-12-9-19(15-23(22)32-3)25(26(31)28-20-10-7-18(2)8-11-20)29(24(30)16-27)17-21-6-5-14-33-21/h5-6,9,12,14-15,18,20,25H,4,7-8,10-11,13,16-17H2,1-3H3,(H,28,31). The van der Waals surface area contributed by atoms with E-state index in [1.54, 1.807) is 43.7 Å². The van der Waals surface area contributed by atoms with Gasteiger partial charge in [0.1, 0.15) is 17.7 Å². The SMILES string of the molecule is CCCOc1ccc(C(C(=O)NC2CCC(C)CC2)N(Cc2ccco2)C(=O)CCl)cc1OC. The van der Waals surface area contributed by atoms with Crippen LogP contribution in [0.2, 0.25) is 0 Å². The van der Waals surface area contributed by atoms with Gasteiger partial charge in [0.2, 0.25) is 11.8 Å². The molecule has 186 valence electrons. The van der Waals surface area contributed by atoms with Crippen molar-refractivity contribution in [1.29, 1.82) is 0 Å². The predicted molar refractivity (Wildman–Crippen MR) is 131 cm³/mol. The number of benzene rings is 1. The minimum Gasteiger partial charge on any atom is -0.493 e. The van der Waals surface area contributed by atoms with Gasteiger partial charge >= 0.3 is 0 Å². The highest BCUT2D eigenvalue weighted by molar-refractivity contribution is 6.27. The first-order valence-electron chi connectivity index (χ1n) is 12.0. The molecule has 1 atom stereocenters. The smallest absolute Gasteiger partial charge is 0.247 e. The van der Waals surface area contributed by atoms with Crippen molar-refractivity contribution in [3.63, 3.8) is 0 Å². The highest BCUT2D eigenvalue weighted by atomic mass is 35.5. The van der Waals surface area contributed by atoms with Crippen LogP contribution in [-0.2, 0) is 16.1 Å². The Kier molecular flexibility index (Phi) is 9.69. The topological polar surface area (TPSA) is 81.0 Å². The number of halogens is 1. The minimum atomic E-state index is -0.898. The van der Waals surface area contributed by atoms with Crippen molar-refractivity contribution >= 4 is 23.4 Å². The molecule has 0 saturated heterocycles. The van der Waals surface area contributed by atoms with E-state index in [1.807, 2.05) is 6.92 Å². The lowest BCUT2D eigenvalue weighted by Crippen LogP contribution is -2.47. The average Bonchev–Trinajstić information content (AvgIpc) is 3.36. The summed E-state index contributed by atoms with van der Waals surface area (Å²) in [5.41, 5.74) is 0.618. The Balaban J connectivity index is 1.96. The van der Waals surface area contributed by atoms with Gasteiger partial charge in [0, 0.05) is 6.04 Å². The second-order valence-corrected chi connectivity index (χ2v) is 9.13. The van der Waals surface area contributed by atoms with Crippen LogP contribution in [0.15, 0.2) is 41.0 Å². The van der Waals surface area contributed by atoms with Crippen LogP contribution in [0.1, 0.15) is 63.3 Å². The molecular formula is C26H35ClN2O5. The molecule has 1 aromatic carbocycles. The van der Waals surface area contributed by atoms with E-state index in [0.29, 0.717) is 35.3 Å². The van der Waals surface area contributed by atoms with E-state index >= 15 is 0 Å². The summed E-state index contributed by atoms with van der Waals surface area (Å²) < 4.78 is 16.8. The first-order chi connectivity index (χ1) is 16.5. The first kappa shape index (κ1) is 25.9. The monoisotopic (exact) mass is 490 g/mol. The molecule has 1 aliphatic rings. The summed E-state index contributed by atoms with van der Waals surface area (Å²) in [6, 6.07) is 8.05. The largest absolute Gasteiger partial charge is 0.493 e. The first-order valence-corrected chi connectivity index (χ1v) is 12.5. The lowest BCUT2D eigenvalue weighted by molar-refractivity contribution is -0.140. The lowest BCUT2D eigenvalue weighted by Gasteiger charge is -2.33. The Labute approximate surface area is 206 Å². The summed E-state index contributed by atoms with van der Waals surface area (Å²) >= 11 is 5.97. The van der Waals surface area contributed by atoms with Crippen molar-refractivity contribution in [1.82, 2.24) is 10.2 Å². The van der Waals surface area contributed by atoms with Crippen LogP contribution in [-0.4, -0.2) is 42.4 Å². The van der Waals surface area contributed by atoms with E-state index in [2.05, 4.69) is 12.2 Å². The van der Waals surface area contributed by atoms with Crippen molar-refractivity contribution in [3.8, 4) is 11.5 Å². The van der Waals surface area contributed by atoms with Crippen LogP contribution in [0.3, 0.4) is 0 Å². The molecule has 1 aliphatic carbocycles. The van der Waals surface area contributed by atoms with Gasteiger partial charge < -0.3 is 24.1 Å². The minimum absolute atomic E-state index is 0.0804. The van der Waals surface area contributed by atoms with Crippen LogP contribution < -0.4 is 14.8 Å². The number of hydrogen-bond donors (Lipinski definition) is 1. The number of furan rings is 1.